The summed E-state index contributed by atoms with van der Waals surface area (Å²) >= 11 is 0. The number of alkyl halides is 3. The molecular formula is C27H27F3N4O2. The quantitative estimate of drug-likeness (QED) is 0.353. The Hall–Kier alpha value is -3.59. The first-order chi connectivity index (χ1) is 17.2. The third-order valence-electron chi connectivity index (χ3n) is 6.60. The zero-order chi connectivity index (χ0) is 25.4. The molecule has 1 aliphatic heterocycles. The van der Waals surface area contributed by atoms with Crippen molar-refractivity contribution in [3.63, 3.8) is 0 Å². The molecule has 5 rings (SSSR count). The smallest absolute Gasteiger partial charge is 0.378 e. The molecule has 1 atom stereocenters. The highest BCUT2D eigenvalue weighted by atomic mass is 19.4. The molecule has 3 heterocycles. The molecule has 0 amide bonds. The van der Waals surface area contributed by atoms with E-state index in [9.17, 15) is 18.0 Å². The zero-order valence-electron chi connectivity index (χ0n) is 20.0. The van der Waals surface area contributed by atoms with Crippen LogP contribution in [-0.2, 0) is 4.74 Å². The van der Waals surface area contributed by atoms with Crippen LogP contribution in [0.3, 0.4) is 0 Å². The van der Waals surface area contributed by atoms with Crippen molar-refractivity contribution in [2.24, 2.45) is 5.92 Å². The van der Waals surface area contributed by atoms with Crippen molar-refractivity contribution < 1.29 is 17.9 Å². The molecule has 0 aliphatic carbocycles. The second-order valence-electron chi connectivity index (χ2n) is 9.34. The van der Waals surface area contributed by atoms with E-state index in [1.165, 1.54) is 20.0 Å². The highest BCUT2D eigenvalue weighted by Gasteiger charge is 2.42. The van der Waals surface area contributed by atoms with Gasteiger partial charge in [0.05, 0.1) is 24.1 Å². The number of pyridine rings is 2. The van der Waals surface area contributed by atoms with E-state index in [0.29, 0.717) is 34.9 Å². The summed E-state index contributed by atoms with van der Waals surface area (Å²) in [6, 6.07) is 13.4. The summed E-state index contributed by atoms with van der Waals surface area (Å²) in [5, 5.41) is 3.96. The number of hydrogen-bond donors (Lipinski definition) is 2. The number of morpholine rings is 1. The second-order valence-corrected chi connectivity index (χ2v) is 9.34. The van der Waals surface area contributed by atoms with E-state index in [1.807, 2.05) is 36.4 Å². The van der Waals surface area contributed by atoms with Crippen molar-refractivity contribution in [3.8, 4) is 11.1 Å². The van der Waals surface area contributed by atoms with Crippen molar-refractivity contribution in [1.29, 1.82) is 0 Å². The van der Waals surface area contributed by atoms with E-state index in [2.05, 4.69) is 20.2 Å². The molecule has 1 saturated heterocycles. The van der Waals surface area contributed by atoms with Crippen LogP contribution in [0.25, 0.3) is 32.8 Å². The van der Waals surface area contributed by atoms with Crippen molar-refractivity contribution in [2.45, 2.75) is 26.1 Å². The number of ether oxygens (including phenoxy) is 1. The largest absolute Gasteiger partial charge is 0.408 e. The van der Waals surface area contributed by atoms with Crippen molar-refractivity contribution in [2.75, 3.05) is 36.5 Å². The summed E-state index contributed by atoms with van der Waals surface area (Å²) in [5.74, 6) is -0.602. The van der Waals surface area contributed by atoms with E-state index < -0.39 is 18.1 Å². The van der Waals surface area contributed by atoms with E-state index in [4.69, 9.17) is 4.74 Å². The molecule has 36 heavy (non-hydrogen) atoms. The van der Waals surface area contributed by atoms with Gasteiger partial charge in [-0.15, -0.1) is 0 Å². The predicted molar refractivity (Wildman–Crippen MR) is 137 cm³/mol. The lowest BCUT2D eigenvalue weighted by atomic mass is 9.98. The molecule has 1 fully saturated rings. The van der Waals surface area contributed by atoms with Gasteiger partial charge in [0.2, 0.25) is 0 Å². The summed E-state index contributed by atoms with van der Waals surface area (Å²) in [5.41, 5.74) is 2.89. The summed E-state index contributed by atoms with van der Waals surface area (Å²) < 4.78 is 46.6. The number of H-pyrrole nitrogens is 1. The number of aromatic amines is 1. The molecule has 0 saturated carbocycles. The Kier molecular flexibility index (Phi) is 6.34. The molecule has 4 aromatic rings. The number of hydrogen-bond acceptors (Lipinski definition) is 5. The van der Waals surface area contributed by atoms with Gasteiger partial charge in [-0.1, -0.05) is 38.1 Å². The highest BCUT2D eigenvalue weighted by Crippen LogP contribution is 2.35. The van der Waals surface area contributed by atoms with Crippen LogP contribution in [0.4, 0.5) is 24.7 Å². The predicted octanol–water partition coefficient (Wildman–Crippen LogP) is 5.58. The molecule has 2 N–H and O–H groups in total. The van der Waals surface area contributed by atoms with Gasteiger partial charge in [0.25, 0.3) is 5.56 Å². The minimum atomic E-state index is -4.45. The minimum absolute atomic E-state index is 0.105. The number of fused-ring (bicyclic) bond motifs is 3. The normalized spacial score (nSPS) is 15.6. The van der Waals surface area contributed by atoms with Gasteiger partial charge in [0.15, 0.2) is 0 Å². The molecule has 0 radical (unpaired) electrons. The molecule has 6 nitrogen and oxygen atoms in total. The van der Waals surface area contributed by atoms with Crippen LogP contribution < -0.4 is 15.8 Å². The first-order valence-electron chi connectivity index (χ1n) is 11.9. The third kappa shape index (κ3) is 4.63. The van der Waals surface area contributed by atoms with Crippen molar-refractivity contribution in [1.82, 2.24) is 9.97 Å². The average molecular weight is 497 g/mol. The van der Waals surface area contributed by atoms with Gasteiger partial charge in [-0.25, -0.2) is 4.98 Å². The maximum atomic E-state index is 13.7. The fraction of sp³-hybridized carbons (Fsp3) is 0.333. The average Bonchev–Trinajstić information content (AvgIpc) is 2.86. The first kappa shape index (κ1) is 24.1. The monoisotopic (exact) mass is 496 g/mol. The number of aromatic nitrogens is 2. The molecule has 0 unspecified atom stereocenters. The number of anilines is 2. The van der Waals surface area contributed by atoms with Crippen LogP contribution in [0.15, 0.2) is 59.5 Å². The first-order valence-corrected chi connectivity index (χ1v) is 11.9. The standard InChI is InChI=1S/C27H27F3N4O2/c1-16(2)24(27(28,29)30)33-25-20-8-5-18(15-21(20)23-22(32-25)9-10-31-26(23)35)17-3-6-19(7-4-17)34-11-13-36-14-12-34/h3-10,15-16,24H,11-14H2,1-2H3,(H,31,35)(H,32,33)/t24-/m1/s1. The summed E-state index contributed by atoms with van der Waals surface area (Å²) in [4.78, 5) is 22.1. The maximum absolute atomic E-state index is 13.7. The number of nitrogens with zero attached hydrogens (tertiary/aromatic N) is 2. The zero-order valence-corrected chi connectivity index (χ0v) is 20.0. The number of nitrogens with one attached hydrogen (secondary N) is 2. The fourth-order valence-corrected chi connectivity index (χ4v) is 4.71. The highest BCUT2D eigenvalue weighted by molar-refractivity contribution is 6.11. The van der Waals surface area contributed by atoms with E-state index in [-0.39, 0.29) is 11.4 Å². The Bertz CT molecular complexity index is 1440. The molecule has 0 bridgehead atoms. The number of benzene rings is 2. The van der Waals surface area contributed by atoms with Crippen LogP contribution in [-0.4, -0.2) is 48.5 Å². The van der Waals surface area contributed by atoms with Crippen LogP contribution in [0, 0.1) is 5.92 Å². The Morgan fingerprint density at radius 1 is 1.00 bits per heavy atom. The van der Waals surface area contributed by atoms with Gasteiger partial charge in [0.1, 0.15) is 11.9 Å². The Balaban J connectivity index is 1.61. The number of rotatable bonds is 5. The molecule has 1 aliphatic rings. The minimum Gasteiger partial charge on any atom is -0.378 e. The molecule has 2 aromatic heterocycles. The lowest BCUT2D eigenvalue weighted by Crippen LogP contribution is -2.40. The second kappa shape index (κ2) is 9.46. The maximum Gasteiger partial charge on any atom is 0.408 e. The Labute approximate surface area is 206 Å². The summed E-state index contributed by atoms with van der Waals surface area (Å²) in [7, 11) is 0. The van der Waals surface area contributed by atoms with Gasteiger partial charge < -0.3 is 19.9 Å². The lowest BCUT2D eigenvalue weighted by molar-refractivity contribution is -0.150. The van der Waals surface area contributed by atoms with Crippen LogP contribution in [0.1, 0.15) is 13.8 Å². The van der Waals surface area contributed by atoms with Crippen LogP contribution in [0.2, 0.25) is 0 Å². The molecular weight excluding hydrogens is 469 g/mol. The summed E-state index contributed by atoms with van der Waals surface area (Å²) in [6.07, 6.45) is -3.00. The summed E-state index contributed by atoms with van der Waals surface area (Å²) in [6.45, 7) is 6.09. The van der Waals surface area contributed by atoms with E-state index in [1.54, 1.807) is 12.1 Å². The third-order valence-corrected chi connectivity index (χ3v) is 6.60. The van der Waals surface area contributed by atoms with Gasteiger partial charge in [-0.2, -0.15) is 13.2 Å². The van der Waals surface area contributed by atoms with Gasteiger partial charge in [0, 0.05) is 35.7 Å². The van der Waals surface area contributed by atoms with Crippen LogP contribution >= 0.6 is 0 Å². The Morgan fingerprint density at radius 2 is 1.69 bits per heavy atom. The van der Waals surface area contributed by atoms with E-state index >= 15 is 0 Å². The molecule has 0 spiro atoms. The molecule has 9 heteroatoms. The molecule has 2 aromatic carbocycles. The Morgan fingerprint density at radius 3 is 2.36 bits per heavy atom. The van der Waals surface area contributed by atoms with Crippen molar-refractivity contribution >= 4 is 33.2 Å². The molecule has 188 valence electrons. The topological polar surface area (TPSA) is 70.2 Å². The SMILES string of the molecule is CC(C)[C@@H](Nc1nc2cc[nH]c(=O)c2c2cc(-c3ccc(N4CCOCC4)cc3)ccc12)C(F)(F)F. The number of halogens is 3. The lowest BCUT2D eigenvalue weighted by Gasteiger charge is -2.29. The van der Waals surface area contributed by atoms with Crippen molar-refractivity contribution in [3.05, 3.63) is 65.1 Å². The fourth-order valence-electron chi connectivity index (χ4n) is 4.71. The van der Waals surface area contributed by atoms with Gasteiger partial charge in [-0.05, 0) is 41.3 Å². The van der Waals surface area contributed by atoms with Crippen LogP contribution in [0.5, 0.6) is 0 Å². The van der Waals surface area contributed by atoms with Gasteiger partial charge >= 0.3 is 6.18 Å². The van der Waals surface area contributed by atoms with Gasteiger partial charge in [-0.3, -0.25) is 4.79 Å². The van der Waals surface area contributed by atoms with E-state index in [0.717, 1.165) is 29.9 Å².